The van der Waals surface area contributed by atoms with Gasteiger partial charge >= 0.3 is 6.09 Å². The molecule has 0 spiro atoms. The number of aromatic amines is 1. The van der Waals surface area contributed by atoms with Gasteiger partial charge in [-0.2, -0.15) is 0 Å². The van der Waals surface area contributed by atoms with Crippen LogP contribution in [0.15, 0.2) is 22.7 Å². The van der Waals surface area contributed by atoms with Crippen LogP contribution < -0.4 is 5.32 Å². The number of amides is 1. The largest absolute Gasteiger partial charge is 0.465 e. The first-order valence-electron chi connectivity index (χ1n) is 6.76. The number of carbonyl (C=O) groups is 1. The number of nitrogens with one attached hydrogen (secondary N) is 2. The molecule has 0 aliphatic heterocycles. The Labute approximate surface area is 124 Å². The number of halogens is 1. The van der Waals surface area contributed by atoms with Crippen LogP contribution in [0.5, 0.6) is 0 Å². The molecular weight excluding hydrogens is 322 g/mol. The lowest BCUT2D eigenvalue weighted by atomic mass is 9.81. The average molecular weight is 338 g/mol. The Hall–Kier alpha value is -1.56. The molecule has 0 bridgehead atoms. The number of carboxylic acid groups (broad SMARTS) is 1. The average Bonchev–Trinajstić information content (AvgIpc) is 2.82. The fourth-order valence-corrected chi connectivity index (χ4v) is 3.34. The van der Waals surface area contributed by atoms with Crippen LogP contribution in [-0.4, -0.2) is 21.2 Å². The number of hydrogen-bond acceptors (Lipinski definition) is 2. The standard InChI is InChI=1S/C14H16BrN3O2/c15-9-4-5-10-11(8-9)17-12(16-10)14(18-13(19)20)6-2-1-3-7-14/h4-5,8,18H,1-3,6-7H2,(H,16,17)(H,19,20). The Kier molecular flexibility index (Phi) is 3.41. The number of fused-ring (bicyclic) bond motifs is 1. The molecule has 1 aromatic carbocycles. The molecule has 1 heterocycles. The van der Waals surface area contributed by atoms with Gasteiger partial charge in [0.2, 0.25) is 0 Å². The maximum Gasteiger partial charge on any atom is 0.405 e. The molecule has 0 saturated heterocycles. The van der Waals surface area contributed by atoms with E-state index >= 15 is 0 Å². The predicted octanol–water partition coefficient (Wildman–Crippen LogP) is 3.75. The first-order chi connectivity index (χ1) is 9.59. The van der Waals surface area contributed by atoms with Crippen LogP contribution in [0.25, 0.3) is 11.0 Å². The minimum Gasteiger partial charge on any atom is -0.465 e. The van der Waals surface area contributed by atoms with Crippen LogP contribution in [0.2, 0.25) is 0 Å². The van der Waals surface area contributed by atoms with Gasteiger partial charge in [-0.05, 0) is 31.0 Å². The second-order valence-corrected chi connectivity index (χ2v) is 6.24. The van der Waals surface area contributed by atoms with Crippen molar-refractivity contribution in [3.63, 3.8) is 0 Å². The quantitative estimate of drug-likeness (QED) is 0.780. The summed E-state index contributed by atoms with van der Waals surface area (Å²) in [6.45, 7) is 0. The van der Waals surface area contributed by atoms with Gasteiger partial charge in [0.05, 0.1) is 11.0 Å². The van der Waals surface area contributed by atoms with Gasteiger partial charge in [-0.1, -0.05) is 35.2 Å². The van der Waals surface area contributed by atoms with E-state index in [9.17, 15) is 4.79 Å². The molecule has 1 aromatic heterocycles. The third-order valence-corrected chi connectivity index (χ3v) is 4.44. The molecule has 2 aromatic rings. The Morgan fingerprint density at radius 3 is 2.80 bits per heavy atom. The van der Waals surface area contributed by atoms with E-state index in [1.165, 1.54) is 0 Å². The number of hydrogen-bond donors (Lipinski definition) is 3. The van der Waals surface area contributed by atoms with Crippen LogP contribution in [0.3, 0.4) is 0 Å². The molecule has 20 heavy (non-hydrogen) atoms. The normalized spacial score (nSPS) is 18.1. The Bertz CT molecular complexity index is 647. The summed E-state index contributed by atoms with van der Waals surface area (Å²) in [6.07, 6.45) is 3.77. The van der Waals surface area contributed by atoms with Gasteiger partial charge in [0.15, 0.2) is 0 Å². The zero-order chi connectivity index (χ0) is 14.2. The highest BCUT2D eigenvalue weighted by Crippen LogP contribution is 2.36. The highest BCUT2D eigenvalue weighted by Gasteiger charge is 2.38. The summed E-state index contributed by atoms with van der Waals surface area (Å²) in [4.78, 5) is 19.0. The minimum atomic E-state index is -0.992. The number of benzene rings is 1. The zero-order valence-corrected chi connectivity index (χ0v) is 12.5. The molecule has 0 radical (unpaired) electrons. The molecule has 3 N–H and O–H groups in total. The van der Waals surface area contributed by atoms with Crippen molar-refractivity contribution in [2.45, 2.75) is 37.6 Å². The monoisotopic (exact) mass is 337 g/mol. The maximum absolute atomic E-state index is 11.2. The van der Waals surface area contributed by atoms with Gasteiger partial charge < -0.3 is 15.4 Å². The highest BCUT2D eigenvalue weighted by molar-refractivity contribution is 9.10. The summed E-state index contributed by atoms with van der Waals surface area (Å²) in [5.74, 6) is 0.729. The number of nitrogens with zero attached hydrogens (tertiary/aromatic N) is 1. The molecule has 1 saturated carbocycles. The first kappa shape index (κ1) is 13.4. The third kappa shape index (κ3) is 2.40. The van der Waals surface area contributed by atoms with Crippen molar-refractivity contribution in [3.05, 3.63) is 28.5 Å². The van der Waals surface area contributed by atoms with Crippen molar-refractivity contribution >= 4 is 33.1 Å². The molecule has 1 aliphatic carbocycles. The van der Waals surface area contributed by atoms with Crippen molar-refractivity contribution in [2.24, 2.45) is 0 Å². The third-order valence-electron chi connectivity index (χ3n) is 3.95. The summed E-state index contributed by atoms with van der Waals surface area (Å²) >= 11 is 3.43. The number of imidazole rings is 1. The molecule has 5 nitrogen and oxygen atoms in total. The molecule has 3 rings (SSSR count). The fraction of sp³-hybridized carbons (Fsp3) is 0.429. The van der Waals surface area contributed by atoms with Crippen LogP contribution in [0, 0.1) is 0 Å². The smallest absolute Gasteiger partial charge is 0.405 e. The van der Waals surface area contributed by atoms with E-state index in [0.29, 0.717) is 0 Å². The second kappa shape index (κ2) is 5.09. The van der Waals surface area contributed by atoms with Crippen molar-refractivity contribution in [1.82, 2.24) is 15.3 Å². The van der Waals surface area contributed by atoms with Crippen LogP contribution in [0.1, 0.15) is 37.9 Å². The molecule has 106 valence electrons. The lowest BCUT2D eigenvalue weighted by Gasteiger charge is -2.35. The molecule has 0 atom stereocenters. The Balaban J connectivity index is 2.06. The van der Waals surface area contributed by atoms with Gasteiger partial charge in [-0.15, -0.1) is 0 Å². The molecule has 6 heteroatoms. The van der Waals surface area contributed by atoms with Crippen LogP contribution in [-0.2, 0) is 5.54 Å². The van der Waals surface area contributed by atoms with Gasteiger partial charge in [-0.25, -0.2) is 9.78 Å². The van der Waals surface area contributed by atoms with E-state index in [2.05, 4.69) is 31.2 Å². The number of H-pyrrole nitrogens is 1. The SMILES string of the molecule is O=C(O)NC1(c2nc3cc(Br)ccc3[nH]2)CCCCC1. The Morgan fingerprint density at radius 2 is 2.10 bits per heavy atom. The van der Waals surface area contributed by atoms with E-state index in [4.69, 9.17) is 5.11 Å². The van der Waals surface area contributed by atoms with E-state index < -0.39 is 11.6 Å². The van der Waals surface area contributed by atoms with E-state index in [-0.39, 0.29) is 0 Å². The first-order valence-corrected chi connectivity index (χ1v) is 7.55. The van der Waals surface area contributed by atoms with E-state index in [1.807, 2.05) is 18.2 Å². The summed E-state index contributed by atoms with van der Waals surface area (Å²) in [6, 6.07) is 5.84. The van der Waals surface area contributed by atoms with E-state index in [0.717, 1.165) is 53.4 Å². The molecule has 1 amide bonds. The summed E-state index contributed by atoms with van der Waals surface area (Å²) in [5, 5.41) is 11.8. The van der Waals surface area contributed by atoms with Gasteiger partial charge in [0.1, 0.15) is 11.4 Å². The summed E-state index contributed by atoms with van der Waals surface area (Å²) in [5.41, 5.74) is 1.21. The summed E-state index contributed by atoms with van der Waals surface area (Å²) < 4.78 is 0.965. The molecule has 1 fully saturated rings. The van der Waals surface area contributed by atoms with Gasteiger partial charge in [-0.3, -0.25) is 0 Å². The Morgan fingerprint density at radius 1 is 1.35 bits per heavy atom. The highest BCUT2D eigenvalue weighted by atomic mass is 79.9. The maximum atomic E-state index is 11.2. The molecular formula is C14H16BrN3O2. The predicted molar refractivity (Wildman–Crippen MR) is 79.7 cm³/mol. The van der Waals surface area contributed by atoms with Gasteiger partial charge in [0, 0.05) is 4.47 Å². The summed E-state index contributed by atoms with van der Waals surface area (Å²) in [7, 11) is 0. The van der Waals surface area contributed by atoms with Crippen LogP contribution in [0.4, 0.5) is 4.79 Å². The lowest BCUT2D eigenvalue weighted by Crippen LogP contribution is -2.47. The second-order valence-electron chi connectivity index (χ2n) is 5.32. The van der Waals surface area contributed by atoms with Crippen molar-refractivity contribution in [1.29, 1.82) is 0 Å². The minimum absolute atomic E-state index is 0.574. The van der Waals surface area contributed by atoms with Crippen LogP contribution >= 0.6 is 15.9 Å². The van der Waals surface area contributed by atoms with E-state index in [1.54, 1.807) is 0 Å². The number of aromatic nitrogens is 2. The van der Waals surface area contributed by atoms with Crippen molar-refractivity contribution in [2.75, 3.05) is 0 Å². The van der Waals surface area contributed by atoms with Gasteiger partial charge in [0.25, 0.3) is 0 Å². The fourth-order valence-electron chi connectivity index (χ4n) is 2.99. The van der Waals surface area contributed by atoms with Crippen molar-refractivity contribution < 1.29 is 9.90 Å². The number of rotatable bonds is 2. The lowest BCUT2D eigenvalue weighted by molar-refractivity contribution is 0.159. The molecule has 1 aliphatic rings. The molecule has 0 unspecified atom stereocenters. The topological polar surface area (TPSA) is 78.0 Å². The van der Waals surface area contributed by atoms with Crippen molar-refractivity contribution in [3.8, 4) is 0 Å². The zero-order valence-electron chi connectivity index (χ0n) is 10.9.